The molecule has 0 atom stereocenters. The Morgan fingerprint density at radius 1 is 1.00 bits per heavy atom. The van der Waals surface area contributed by atoms with Crippen LogP contribution in [-0.4, -0.2) is 47.4 Å². The molecule has 0 heterocycles. The van der Waals surface area contributed by atoms with Crippen molar-refractivity contribution in [2.75, 3.05) is 25.1 Å². The van der Waals surface area contributed by atoms with E-state index >= 15 is 0 Å². The summed E-state index contributed by atoms with van der Waals surface area (Å²) in [6.45, 7) is 0.190. The molecule has 0 fully saturated rings. The number of amides is 1. The van der Waals surface area contributed by atoms with Crippen LogP contribution in [0.3, 0.4) is 0 Å². The molecule has 0 aromatic heterocycles. The summed E-state index contributed by atoms with van der Waals surface area (Å²) in [6, 6.07) is 12.3. The second-order valence-corrected chi connectivity index (χ2v) is 9.97. The van der Waals surface area contributed by atoms with Crippen molar-refractivity contribution in [1.29, 1.82) is 0 Å². The average Bonchev–Trinajstić information content (AvgIpc) is 2.58. The zero-order valence-electron chi connectivity index (χ0n) is 15.1. The van der Waals surface area contributed by atoms with Crippen molar-refractivity contribution in [2.45, 2.75) is 11.4 Å². The summed E-state index contributed by atoms with van der Waals surface area (Å²) >= 11 is 0. The molecule has 0 aliphatic carbocycles. The Bertz CT molecular complexity index is 1030. The maximum Gasteiger partial charge on any atom is 0.251 e. The third kappa shape index (κ3) is 5.78. The number of carbonyl (C=O) groups excluding carboxylic acids is 1. The predicted molar refractivity (Wildman–Crippen MR) is 103 cm³/mol. The third-order valence-corrected chi connectivity index (χ3v) is 6.01. The van der Waals surface area contributed by atoms with Crippen molar-refractivity contribution in [3.05, 3.63) is 59.7 Å². The molecule has 0 bridgehead atoms. The number of hydrogen-bond acceptors (Lipinski definition) is 5. The van der Waals surface area contributed by atoms with Gasteiger partial charge in [0.05, 0.1) is 11.2 Å². The summed E-state index contributed by atoms with van der Waals surface area (Å²) in [4.78, 5) is 12.3. The first-order chi connectivity index (χ1) is 12.5. The standard InChI is InChI=1S/C17H21N3O5S2/c1-20(2)27(24,25)16-9-7-14(8-10-16)17(21)18-12-13-5-4-6-15(11-13)19-26(3,22)23/h4-11,19H,12H2,1-3H3,(H,18,21). The van der Waals surface area contributed by atoms with Crippen LogP contribution in [0.5, 0.6) is 0 Å². The van der Waals surface area contributed by atoms with E-state index < -0.39 is 20.0 Å². The largest absolute Gasteiger partial charge is 0.348 e. The number of hydrogen-bond donors (Lipinski definition) is 2. The van der Waals surface area contributed by atoms with Crippen molar-refractivity contribution in [3.63, 3.8) is 0 Å². The zero-order chi connectivity index (χ0) is 20.2. The molecule has 0 saturated heterocycles. The van der Waals surface area contributed by atoms with Crippen molar-refractivity contribution >= 4 is 31.6 Å². The summed E-state index contributed by atoms with van der Waals surface area (Å²) in [5.74, 6) is -0.370. The molecule has 0 saturated carbocycles. The lowest BCUT2D eigenvalue weighted by atomic mass is 10.2. The van der Waals surface area contributed by atoms with Gasteiger partial charge >= 0.3 is 0 Å². The number of nitrogens with one attached hydrogen (secondary N) is 2. The molecule has 2 aromatic rings. The summed E-state index contributed by atoms with van der Waals surface area (Å²) in [7, 11) is -4.06. The second-order valence-electron chi connectivity index (χ2n) is 6.07. The number of sulfonamides is 2. The van der Waals surface area contributed by atoms with E-state index in [2.05, 4.69) is 10.0 Å². The van der Waals surface area contributed by atoms with E-state index in [0.717, 1.165) is 10.6 Å². The Morgan fingerprint density at radius 3 is 2.19 bits per heavy atom. The van der Waals surface area contributed by atoms with Gasteiger partial charge in [0.25, 0.3) is 5.91 Å². The summed E-state index contributed by atoms with van der Waals surface area (Å²) < 4.78 is 50.1. The second kappa shape index (κ2) is 8.07. The van der Waals surface area contributed by atoms with Gasteiger partial charge in [-0.05, 0) is 42.0 Å². The summed E-state index contributed by atoms with van der Waals surface area (Å²) in [5.41, 5.74) is 1.43. The van der Waals surface area contributed by atoms with Gasteiger partial charge in [-0.15, -0.1) is 0 Å². The summed E-state index contributed by atoms with van der Waals surface area (Å²) in [5, 5.41) is 2.71. The minimum absolute atomic E-state index is 0.101. The van der Waals surface area contributed by atoms with Crippen LogP contribution < -0.4 is 10.0 Å². The van der Waals surface area contributed by atoms with Gasteiger partial charge in [0.2, 0.25) is 20.0 Å². The maximum atomic E-state index is 12.2. The monoisotopic (exact) mass is 411 g/mol. The first-order valence-corrected chi connectivity index (χ1v) is 11.2. The maximum absolute atomic E-state index is 12.2. The van der Waals surface area contributed by atoms with Gasteiger partial charge in [0.1, 0.15) is 0 Å². The number of anilines is 1. The number of carbonyl (C=O) groups is 1. The zero-order valence-corrected chi connectivity index (χ0v) is 16.8. The van der Waals surface area contributed by atoms with Gasteiger partial charge in [-0.1, -0.05) is 12.1 Å². The highest BCUT2D eigenvalue weighted by atomic mass is 32.2. The van der Waals surface area contributed by atoms with E-state index in [1.165, 1.54) is 38.4 Å². The average molecular weight is 412 g/mol. The SMILES string of the molecule is CN(C)S(=O)(=O)c1ccc(C(=O)NCc2cccc(NS(C)(=O)=O)c2)cc1. The van der Waals surface area contributed by atoms with E-state index in [0.29, 0.717) is 16.8 Å². The Morgan fingerprint density at radius 2 is 1.63 bits per heavy atom. The topological polar surface area (TPSA) is 113 Å². The van der Waals surface area contributed by atoms with Crippen molar-refractivity contribution in [2.24, 2.45) is 0 Å². The molecular formula is C17H21N3O5S2. The fourth-order valence-electron chi connectivity index (χ4n) is 2.23. The van der Waals surface area contributed by atoms with Gasteiger partial charge in [-0.3, -0.25) is 9.52 Å². The molecule has 2 N–H and O–H groups in total. The van der Waals surface area contributed by atoms with E-state index in [9.17, 15) is 21.6 Å². The van der Waals surface area contributed by atoms with Crippen LogP contribution >= 0.6 is 0 Å². The van der Waals surface area contributed by atoms with Gasteiger partial charge in [0, 0.05) is 31.9 Å². The molecule has 8 nitrogen and oxygen atoms in total. The fourth-order valence-corrected chi connectivity index (χ4v) is 3.69. The molecule has 27 heavy (non-hydrogen) atoms. The predicted octanol–water partition coefficient (Wildman–Crippen LogP) is 1.24. The lowest BCUT2D eigenvalue weighted by molar-refractivity contribution is 0.0951. The van der Waals surface area contributed by atoms with Crippen molar-refractivity contribution < 1.29 is 21.6 Å². The van der Waals surface area contributed by atoms with E-state index in [1.807, 2.05) is 0 Å². The molecule has 0 aliphatic heterocycles. The Labute approximate surface area is 159 Å². The normalized spacial score (nSPS) is 12.0. The van der Waals surface area contributed by atoms with Gasteiger partial charge in [-0.2, -0.15) is 0 Å². The third-order valence-electron chi connectivity index (χ3n) is 3.58. The quantitative estimate of drug-likeness (QED) is 0.712. The fraction of sp³-hybridized carbons (Fsp3) is 0.235. The number of nitrogens with zero attached hydrogens (tertiary/aromatic N) is 1. The lowest BCUT2D eigenvalue weighted by Gasteiger charge is -2.12. The van der Waals surface area contributed by atoms with Crippen LogP contribution in [0.1, 0.15) is 15.9 Å². The minimum Gasteiger partial charge on any atom is -0.348 e. The molecule has 10 heteroatoms. The molecule has 0 spiro atoms. The highest BCUT2D eigenvalue weighted by Gasteiger charge is 2.17. The first kappa shape index (κ1) is 20.9. The van der Waals surface area contributed by atoms with Crippen LogP contribution in [0.25, 0.3) is 0 Å². The number of benzene rings is 2. The van der Waals surface area contributed by atoms with Crippen LogP contribution in [-0.2, 0) is 26.6 Å². The number of rotatable bonds is 7. The molecule has 0 unspecified atom stereocenters. The molecule has 1 amide bonds. The highest BCUT2D eigenvalue weighted by molar-refractivity contribution is 7.92. The molecule has 0 radical (unpaired) electrons. The molecular weight excluding hydrogens is 390 g/mol. The van der Waals surface area contributed by atoms with Crippen LogP contribution in [0.2, 0.25) is 0 Å². The summed E-state index contributed by atoms with van der Waals surface area (Å²) in [6.07, 6.45) is 1.06. The molecule has 2 aromatic carbocycles. The van der Waals surface area contributed by atoms with Crippen LogP contribution in [0.4, 0.5) is 5.69 Å². The van der Waals surface area contributed by atoms with E-state index in [-0.39, 0.29) is 17.3 Å². The first-order valence-electron chi connectivity index (χ1n) is 7.86. The van der Waals surface area contributed by atoms with Crippen LogP contribution in [0.15, 0.2) is 53.4 Å². The molecule has 2 rings (SSSR count). The van der Waals surface area contributed by atoms with Crippen molar-refractivity contribution in [1.82, 2.24) is 9.62 Å². The highest BCUT2D eigenvalue weighted by Crippen LogP contribution is 2.15. The van der Waals surface area contributed by atoms with E-state index in [4.69, 9.17) is 0 Å². The lowest BCUT2D eigenvalue weighted by Crippen LogP contribution is -2.24. The Hall–Kier alpha value is -2.43. The molecule has 0 aliphatic rings. The van der Waals surface area contributed by atoms with Gasteiger partial charge in [-0.25, -0.2) is 21.1 Å². The van der Waals surface area contributed by atoms with Crippen molar-refractivity contribution in [3.8, 4) is 0 Å². The van der Waals surface area contributed by atoms with Crippen LogP contribution in [0, 0.1) is 0 Å². The molecule has 146 valence electrons. The van der Waals surface area contributed by atoms with Gasteiger partial charge < -0.3 is 5.32 Å². The Balaban J connectivity index is 2.05. The minimum atomic E-state index is -3.55. The smallest absolute Gasteiger partial charge is 0.251 e. The van der Waals surface area contributed by atoms with E-state index in [1.54, 1.807) is 24.3 Å². The van der Waals surface area contributed by atoms with Gasteiger partial charge in [0.15, 0.2) is 0 Å². The Kier molecular flexibility index (Phi) is 6.24.